The van der Waals surface area contributed by atoms with Gasteiger partial charge >= 0.3 is 5.97 Å². The lowest BCUT2D eigenvalue weighted by Crippen LogP contribution is -2.64. The smallest absolute Gasteiger partial charge is 0.305 e. The van der Waals surface area contributed by atoms with E-state index in [0.717, 1.165) is 18.2 Å². The minimum absolute atomic E-state index is 0.114. The van der Waals surface area contributed by atoms with Crippen LogP contribution in [0.25, 0.3) is 0 Å². The van der Waals surface area contributed by atoms with E-state index in [2.05, 4.69) is 87.5 Å². The maximum Gasteiger partial charge on any atom is 0.305 e. The maximum atomic E-state index is 11.6. The van der Waals surface area contributed by atoms with Crippen molar-refractivity contribution >= 4 is 24.4 Å². The summed E-state index contributed by atoms with van der Waals surface area (Å²) in [5, 5.41) is 3.00. The van der Waals surface area contributed by atoms with Gasteiger partial charge in [-0.2, -0.15) is 0 Å². The second kappa shape index (κ2) is 11.9. The first-order valence-electron chi connectivity index (χ1n) is 10.8. The molecule has 0 radical (unpaired) electrons. The summed E-state index contributed by atoms with van der Waals surface area (Å²) in [6.45, 7) is 7.26. The first-order valence-corrected chi connectivity index (χ1v) is 13.0. The van der Waals surface area contributed by atoms with Crippen LogP contribution in [0.15, 0.2) is 72.5 Å². The number of esters is 1. The molecule has 2 rings (SSSR count). The van der Waals surface area contributed by atoms with E-state index in [0.29, 0.717) is 12.8 Å². The van der Waals surface area contributed by atoms with Crippen LogP contribution in [-0.4, -0.2) is 35.1 Å². The number of methoxy groups -OCH3 is 2. The molecule has 0 spiro atoms. The fraction of sp³-hybridized carbons (Fsp3) is 0.423. The molecule has 2 aromatic carbocycles. The Morgan fingerprint density at radius 3 is 1.90 bits per heavy atom. The first-order chi connectivity index (χ1) is 14.8. The molecule has 0 aromatic heterocycles. The SMILES string of the molecule is COCO/C(=C/CC[Si](c1ccccc1)(c1ccccc1)C(C)(C)C)CCC(=O)OC. The van der Waals surface area contributed by atoms with E-state index >= 15 is 0 Å². The molecule has 0 N–H and O–H groups in total. The average molecular weight is 441 g/mol. The Hall–Kier alpha value is -2.37. The monoisotopic (exact) mass is 440 g/mol. The molecule has 0 aliphatic carbocycles. The van der Waals surface area contributed by atoms with Crippen molar-refractivity contribution < 1.29 is 19.0 Å². The van der Waals surface area contributed by atoms with Gasteiger partial charge in [0, 0.05) is 13.5 Å². The van der Waals surface area contributed by atoms with Crippen molar-refractivity contribution in [1.82, 2.24) is 0 Å². The Morgan fingerprint density at radius 2 is 1.45 bits per heavy atom. The molecule has 0 saturated carbocycles. The van der Waals surface area contributed by atoms with Crippen LogP contribution in [0, 0.1) is 0 Å². The molecule has 0 aliphatic heterocycles. The van der Waals surface area contributed by atoms with E-state index in [-0.39, 0.29) is 17.8 Å². The number of benzene rings is 2. The van der Waals surface area contributed by atoms with Gasteiger partial charge in [-0.1, -0.05) is 91.8 Å². The highest BCUT2D eigenvalue weighted by Crippen LogP contribution is 2.39. The number of rotatable bonds is 11. The van der Waals surface area contributed by atoms with Crippen LogP contribution in [0.1, 0.15) is 40.0 Å². The van der Waals surface area contributed by atoms with Crippen molar-refractivity contribution in [3.8, 4) is 0 Å². The Labute approximate surface area is 188 Å². The molecule has 0 fully saturated rings. The zero-order chi connectivity index (χ0) is 22.7. The average Bonchev–Trinajstić information content (AvgIpc) is 2.78. The van der Waals surface area contributed by atoms with Gasteiger partial charge in [0.05, 0.1) is 19.3 Å². The number of ether oxygens (including phenoxy) is 3. The molecule has 0 heterocycles. The highest BCUT2D eigenvalue weighted by molar-refractivity contribution is 7.04. The minimum atomic E-state index is -2.12. The summed E-state index contributed by atoms with van der Waals surface area (Å²) in [6, 6.07) is 22.9. The fourth-order valence-electron chi connectivity index (χ4n) is 4.29. The summed E-state index contributed by atoms with van der Waals surface area (Å²) in [7, 11) is 0.883. The van der Waals surface area contributed by atoms with E-state index in [1.165, 1.54) is 17.5 Å². The third-order valence-corrected chi connectivity index (χ3v) is 12.1. The number of hydrogen-bond donors (Lipinski definition) is 0. The van der Waals surface area contributed by atoms with E-state index in [1.807, 2.05) is 0 Å². The van der Waals surface area contributed by atoms with Gasteiger partial charge in [0.1, 0.15) is 8.07 Å². The van der Waals surface area contributed by atoms with Gasteiger partial charge in [-0.05, 0) is 23.6 Å². The summed E-state index contributed by atoms with van der Waals surface area (Å²) < 4.78 is 15.6. The van der Waals surface area contributed by atoms with Gasteiger partial charge in [-0.15, -0.1) is 0 Å². The lowest BCUT2D eigenvalue weighted by Gasteiger charge is -2.44. The van der Waals surface area contributed by atoms with E-state index in [9.17, 15) is 4.79 Å². The van der Waals surface area contributed by atoms with Crippen LogP contribution in [0.3, 0.4) is 0 Å². The number of carbonyl (C=O) groups excluding carboxylic acids is 1. The van der Waals surface area contributed by atoms with Gasteiger partial charge < -0.3 is 14.2 Å². The second-order valence-electron chi connectivity index (χ2n) is 8.72. The Bertz CT molecular complexity index is 786. The normalized spacial score (nSPS) is 12.5. The van der Waals surface area contributed by atoms with Crippen LogP contribution in [0.2, 0.25) is 11.1 Å². The van der Waals surface area contributed by atoms with Gasteiger partial charge in [-0.3, -0.25) is 4.79 Å². The van der Waals surface area contributed by atoms with Crippen molar-refractivity contribution in [3.63, 3.8) is 0 Å². The predicted octanol–water partition coefficient (Wildman–Crippen LogP) is 4.90. The van der Waals surface area contributed by atoms with E-state index in [1.54, 1.807) is 7.11 Å². The number of hydrogen-bond acceptors (Lipinski definition) is 4. The zero-order valence-electron chi connectivity index (χ0n) is 19.5. The number of allylic oxidation sites excluding steroid dienone is 2. The quantitative estimate of drug-likeness (QED) is 0.216. The van der Waals surface area contributed by atoms with E-state index < -0.39 is 8.07 Å². The predicted molar refractivity (Wildman–Crippen MR) is 129 cm³/mol. The van der Waals surface area contributed by atoms with Crippen LogP contribution < -0.4 is 10.4 Å². The lowest BCUT2D eigenvalue weighted by molar-refractivity contribution is -0.140. The van der Waals surface area contributed by atoms with Crippen molar-refractivity contribution in [3.05, 3.63) is 72.5 Å². The largest absolute Gasteiger partial charge is 0.472 e. The van der Waals surface area contributed by atoms with Crippen LogP contribution in [-0.2, 0) is 19.0 Å². The van der Waals surface area contributed by atoms with Crippen molar-refractivity contribution in [2.45, 2.75) is 51.1 Å². The van der Waals surface area contributed by atoms with Crippen LogP contribution >= 0.6 is 0 Å². The highest BCUT2D eigenvalue weighted by Gasteiger charge is 2.46. The lowest BCUT2D eigenvalue weighted by atomic mass is 10.2. The topological polar surface area (TPSA) is 44.8 Å². The third-order valence-electron chi connectivity index (χ3n) is 5.87. The standard InChI is InChI=1S/C26H36O4Si/c1-26(2,3)31(23-14-8-6-9-15-23,24-16-10-7-11-17-24)20-12-13-22(30-21-28-4)18-19-25(27)29-5/h6-11,13-17H,12,18-21H2,1-5H3/b22-13+. The first kappa shape index (κ1) is 24.9. The van der Waals surface area contributed by atoms with Crippen LogP contribution in [0.5, 0.6) is 0 Å². The Balaban J connectivity index is 2.38. The van der Waals surface area contributed by atoms with Gasteiger partial charge in [0.15, 0.2) is 6.79 Å². The molecule has 31 heavy (non-hydrogen) atoms. The maximum absolute atomic E-state index is 11.6. The molecule has 4 nitrogen and oxygen atoms in total. The molecule has 2 aromatic rings. The minimum Gasteiger partial charge on any atom is -0.472 e. The van der Waals surface area contributed by atoms with Crippen molar-refractivity contribution in [2.24, 2.45) is 0 Å². The Morgan fingerprint density at radius 1 is 0.903 bits per heavy atom. The Kier molecular flexibility index (Phi) is 9.53. The molecule has 0 aliphatic rings. The van der Waals surface area contributed by atoms with Gasteiger partial charge in [-0.25, -0.2) is 0 Å². The van der Waals surface area contributed by atoms with Crippen molar-refractivity contribution in [1.29, 1.82) is 0 Å². The molecular formula is C26H36O4Si. The highest BCUT2D eigenvalue weighted by atomic mass is 28.3. The molecule has 0 bridgehead atoms. The molecular weight excluding hydrogens is 404 g/mol. The summed E-state index contributed by atoms with van der Waals surface area (Å²) in [4.78, 5) is 11.6. The third kappa shape index (κ3) is 6.55. The summed E-state index contributed by atoms with van der Waals surface area (Å²) >= 11 is 0. The zero-order valence-corrected chi connectivity index (χ0v) is 20.5. The summed E-state index contributed by atoms with van der Waals surface area (Å²) in [5.41, 5.74) is 0. The van der Waals surface area contributed by atoms with Gasteiger partial charge in [0.25, 0.3) is 0 Å². The molecule has 0 saturated heterocycles. The summed E-state index contributed by atoms with van der Waals surface area (Å²) in [6.07, 6.45) is 3.80. The van der Waals surface area contributed by atoms with Crippen LogP contribution in [0.4, 0.5) is 0 Å². The molecule has 168 valence electrons. The molecule has 0 unspecified atom stereocenters. The summed E-state index contributed by atoms with van der Waals surface area (Å²) in [5.74, 6) is 0.545. The van der Waals surface area contributed by atoms with E-state index in [4.69, 9.17) is 14.2 Å². The number of carbonyl (C=O) groups is 1. The molecule has 5 heteroatoms. The molecule has 0 amide bonds. The second-order valence-corrected chi connectivity index (χ2v) is 13.7. The van der Waals surface area contributed by atoms with Gasteiger partial charge in [0.2, 0.25) is 0 Å². The fourth-order valence-corrected chi connectivity index (χ4v) is 9.78. The van der Waals surface area contributed by atoms with Crippen molar-refractivity contribution in [2.75, 3.05) is 21.0 Å². The molecule has 0 atom stereocenters.